The molecule has 0 aliphatic heterocycles. The highest BCUT2D eigenvalue weighted by molar-refractivity contribution is 7.98. The van der Waals surface area contributed by atoms with Crippen LogP contribution >= 0.6 is 11.8 Å². The van der Waals surface area contributed by atoms with E-state index in [4.69, 9.17) is 0 Å². The molecule has 102 valence electrons. The van der Waals surface area contributed by atoms with Crippen LogP contribution in [-0.2, 0) is 4.79 Å². The van der Waals surface area contributed by atoms with Gasteiger partial charge in [0.1, 0.15) is 0 Å². The van der Waals surface area contributed by atoms with Crippen LogP contribution in [0.4, 0.5) is 5.69 Å². The average molecular weight is 278 g/mol. The van der Waals surface area contributed by atoms with E-state index in [1.807, 2.05) is 6.26 Å². The summed E-state index contributed by atoms with van der Waals surface area (Å²) in [6, 6.07) is 7.40. The number of hydrogen-bond donors (Lipinski definition) is 2. The highest BCUT2D eigenvalue weighted by Crippen LogP contribution is 2.20. The van der Waals surface area contributed by atoms with Crippen LogP contribution in [0.2, 0.25) is 0 Å². The van der Waals surface area contributed by atoms with E-state index in [0.29, 0.717) is 23.7 Å². The van der Waals surface area contributed by atoms with Gasteiger partial charge >= 0.3 is 0 Å². The Labute approximate surface area is 117 Å². The minimum Gasteiger partial charge on any atom is -0.349 e. The molecular weight excluding hydrogens is 260 g/mol. The summed E-state index contributed by atoms with van der Waals surface area (Å²) in [4.78, 5) is 23.5. The van der Waals surface area contributed by atoms with Crippen LogP contribution in [0.1, 0.15) is 29.6 Å². The van der Waals surface area contributed by atoms with Crippen LogP contribution in [0.15, 0.2) is 24.3 Å². The van der Waals surface area contributed by atoms with Crippen LogP contribution in [-0.4, -0.2) is 29.9 Å². The zero-order valence-corrected chi connectivity index (χ0v) is 11.8. The molecule has 0 unspecified atom stereocenters. The molecule has 1 aromatic rings. The van der Waals surface area contributed by atoms with E-state index in [0.717, 1.165) is 18.6 Å². The molecule has 19 heavy (non-hydrogen) atoms. The Morgan fingerprint density at radius 3 is 2.84 bits per heavy atom. The lowest BCUT2D eigenvalue weighted by molar-refractivity contribution is -0.115. The number of carbonyl (C=O) groups is 2. The summed E-state index contributed by atoms with van der Waals surface area (Å²) < 4.78 is 0. The van der Waals surface area contributed by atoms with Crippen LogP contribution < -0.4 is 10.6 Å². The van der Waals surface area contributed by atoms with Crippen LogP contribution in [0, 0.1) is 0 Å². The van der Waals surface area contributed by atoms with E-state index in [1.54, 1.807) is 36.0 Å². The van der Waals surface area contributed by atoms with E-state index in [9.17, 15) is 9.59 Å². The maximum absolute atomic E-state index is 11.9. The number of nitrogens with one attached hydrogen (secondary N) is 2. The molecule has 0 aromatic heterocycles. The van der Waals surface area contributed by atoms with Gasteiger partial charge < -0.3 is 10.6 Å². The van der Waals surface area contributed by atoms with E-state index >= 15 is 0 Å². The zero-order chi connectivity index (χ0) is 13.7. The summed E-state index contributed by atoms with van der Waals surface area (Å²) in [5.74, 6) is 0.713. The summed E-state index contributed by atoms with van der Waals surface area (Å²) in [5.41, 5.74) is 1.27. The Hall–Kier alpha value is -1.49. The van der Waals surface area contributed by atoms with Crippen molar-refractivity contribution in [3.63, 3.8) is 0 Å². The number of benzene rings is 1. The monoisotopic (exact) mass is 278 g/mol. The standard InChI is InChI=1S/C14H18N2O2S/c1-19-8-7-13(17)15-12-4-2-3-10(9-12)14(18)16-11-5-6-11/h2-4,9,11H,5-8H2,1H3,(H,15,17)(H,16,18). The quantitative estimate of drug-likeness (QED) is 0.839. The lowest BCUT2D eigenvalue weighted by Crippen LogP contribution is -2.25. The van der Waals surface area contributed by atoms with Crippen LogP contribution in [0.5, 0.6) is 0 Å². The van der Waals surface area contributed by atoms with Crippen molar-refractivity contribution in [2.75, 3.05) is 17.3 Å². The lowest BCUT2D eigenvalue weighted by Gasteiger charge is -2.07. The van der Waals surface area contributed by atoms with Gasteiger partial charge in [-0.1, -0.05) is 6.07 Å². The highest BCUT2D eigenvalue weighted by Gasteiger charge is 2.23. The molecule has 5 heteroatoms. The van der Waals surface area contributed by atoms with Gasteiger partial charge in [-0.2, -0.15) is 11.8 Å². The van der Waals surface area contributed by atoms with Crippen molar-refractivity contribution in [3.05, 3.63) is 29.8 Å². The Morgan fingerprint density at radius 2 is 2.16 bits per heavy atom. The number of amides is 2. The molecule has 1 fully saturated rings. The summed E-state index contributed by atoms with van der Waals surface area (Å²) in [7, 11) is 0. The summed E-state index contributed by atoms with van der Waals surface area (Å²) >= 11 is 1.64. The van der Waals surface area contributed by atoms with E-state index in [-0.39, 0.29) is 11.8 Å². The molecule has 1 aliphatic carbocycles. The van der Waals surface area contributed by atoms with Crippen molar-refractivity contribution in [1.29, 1.82) is 0 Å². The molecule has 0 spiro atoms. The molecule has 1 saturated carbocycles. The second-order valence-electron chi connectivity index (χ2n) is 4.62. The molecule has 4 nitrogen and oxygen atoms in total. The molecule has 0 saturated heterocycles. The van der Waals surface area contributed by atoms with Gasteiger partial charge in [-0.3, -0.25) is 9.59 Å². The number of rotatable bonds is 6. The van der Waals surface area contributed by atoms with Crippen molar-refractivity contribution < 1.29 is 9.59 Å². The van der Waals surface area contributed by atoms with Gasteiger partial charge in [-0.15, -0.1) is 0 Å². The third-order valence-electron chi connectivity index (χ3n) is 2.85. The largest absolute Gasteiger partial charge is 0.349 e. The normalized spacial score (nSPS) is 13.9. The molecule has 2 rings (SSSR count). The average Bonchev–Trinajstić information content (AvgIpc) is 3.20. The number of anilines is 1. The Kier molecular flexibility index (Phi) is 4.85. The van der Waals surface area contributed by atoms with Gasteiger partial charge in [0, 0.05) is 29.5 Å². The summed E-state index contributed by atoms with van der Waals surface area (Å²) in [6.45, 7) is 0. The minimum absolute atomic E-state index is 0.0194. The van der Waals surface area contributed by atoms with Crippen molar-refractivity contribution in [1.82, 2.24) is 5.32 Å². The van der Waals surface area contributed by atoms with E-state index in [2.05, 4.69) is 10.6 Å². The van der Waals surface area contributed by atoms with Crippen molar-refractivity contribution in [2.24, 2.45) is 0 Å². The molecule has 1 aliphatic rings. The molecular formula is C14H18N2O2S. The van der Waals surface area contributed by atoms with Crippen molar-refractivity contribution in [2.45, 2.75) is 25.3 Å². The Bertz CT molecular complexity index is 472. The van der Waals surface area contributed by atoms with Gasteiger partial charge in [0.05, 0.1) is 0 Å². The molecule has 2 amide bonds. The van der Waals surface area contributed by atoms with Crippen LogP contribution in [0.25, 0.3) is 0 Å². The fourth-order valence-corrected chi connectivity index (χ4v) is 2.04. The fourth-order valence-electron chi connectivity index (χ4n) is 1.65. The second-order valence-corrected chi connectivity index (χ2v) is 5.61. The second kappa shape index (κ2) is 6.61. The lowest BCUT2D eigenvalue weighted by atomic mass is 10.2. The Morgan fingerprint density at radius 1 is 1.37 bits per heavy atom. The SMILES string of the molecule is CSCCC(=O)Nc1cccc(C(=O)NC2CC2)c1. The number of carbonyl (C=O) groups excluding carboxylic acids is 2. The highest BCUT2D eigenvalue weighted by atomic mass is 32.2. The van der Waals surface area contributed by atoms with Crippen LogP contribution in [0.3, 0.4) is 0 Å². The first kappa shape index (κ1) is 13.9. The molecule has 0 atom stereocenters. The molecule has 0 radical (unpaired) electrons. The van der Waals surface area contributed by atoms with Gasteiger partial charge in [0.15, 0.2) is 0 Å². The molecule has 2 N–H and O–H groups in total. The molecule has 1 aromatic carbocycles. The van der Waals surface area contributed by atoms with Crippen molar-refractivity contribution >= 4 is 29.3 Å². The van der Waals surface area contributed by atoms with E-state index < -0.39 is 0 Å². The van der Waals surface area contributed by atoms with Crippen molar-refractivity contribution in [3.8, 4) is 0 Å². The van der Waals surface area contributed by atoms with Gasteiger partial charge in [-0.25, -0.2) is 0 Å². The summed E-state index contributed by atoms with van der Waals surface area (Å²) in [6.07, 6.45) is 4.59. The smallest absolute Gasteiger partial charge is 0.251 e. The Balaban J connectivity index is 1.93. The maximum atomic E-state index is 11.9. The van der Waals surface area contributed by atoms with Gasteiger partial charge in [0.25, 0.3) is 5.91 Å². The molecule has 0 bridgehead atoms. The van der Waals surface area contributed by atoms with E-state index in [1.165, 1.54) is 0 Å². The first-order valence-electron chi connectivity index (χ1n) is 6.39. The van der Waals surface area contributed by atoms with Gasteiger partial charge in [-0.05, 0) is 37.3 Å². The third kappa shape index (κ3) is 4.59. The topological polar surface area (TPSA) is 58.2 Å². The first-order chi connectivity index (χ1) is 9.19. The number of thioether (sulfide) groups is 1. The minimum atomic E-state index is -0.0669. The fraction of sp³-hybridized carbons (Fsp3) is 0.429. The third-order valence-corrected chi connectivity index (χ3v) is 3.47. The number of hydrogen-bond acceptors (Lipinski definition) is 3. The van der Waals surface area contributed by atoms with Gasteiger partial charge in [0.2, 0.25) is 5.91 Å². The predicted octanol–water partition coefficient (Wildman–Crippen LogP) is 2.27. The molecule has 0 heterocycles. The first-order valence-corrected chi connectivity index (χ1v) is 7.78. The zero-order valence-electron chi connectivity index (χ0n) is 10.9. The predicted molar refractivity (Wildman–Crippen MR) is 78.6 cm³/mol. The maximum Gasteiger partial charge on any atom is 0.251 e. The summed E-state index contributed by atoms with van der Waals surface area (Å²) in [5, 5.41) is 5.74.